The molecular weight excluding hydrogens is 964 g/mol. The molecule has 1 saturated carbocycles. The van der Waals surface area contributed by atoms with Crippen LogP contribution in [0.25, 0.3) is 0 Å². The van der Waals surface area contributed by atoms with Crippen molar-refractivity contribution in [2.24, 2.45) is 11.8 Å². The highest BCUT2D eigenvalue weighted by Crippen LogP contribution is 2.29. The monoisotopic (exact) mass is 1040 g/mol. The van der Waals surface area contributed by atoms with Crippen molar-refractivity contribution in [3.8, 4) is 0 Å². The van der Waals surface area contributed by atoms with E-state index in [9.17, 15) is 63.9 Å². The number of hydrogen-bond acceptors (Lipinski definition) is 25. The summed E-state index contributed by atoms with van der Waals surface area (Å²) in [6.45, 7) is 11.5. The first-order chi connectivity index (χ1) is 34.4. The molecule has 0 aromatic rings. The van der Waals surface area contributed by atoms with Gasteiger partial charge in [0.25, 0.3) is 0 Å². The smallest absolute Gasteiger partial charge is 0.330 e. The first-order valence-electron chi connectivity index (χ1n) is 22.9. The second kappa shape index (κ2) is 43.0. The van der Waals surface area contributed by atoms with Gasteiger partial charge in [-0.2, -0.15) is 0 Å². The Labute approximate surface area is 417 Å². The van der Waals surface area contributed by atoms with E-state index in [1.165, 1.54) is 0 Å². The molecular formula is C47H72O25. The van der Waals surface area contributed by atoms with Crippen LogP contribution in [-0.4, -0.2) is 210 Å². The van der Waals surface area contributed by atoms with Gasteiger partial charge in [0.2, 0.25) is 0 Å². The lowest BCUT2D eigenvalue weighted by Gasteiger charge is -2.28. The Morgan fingerprint density at radius 1 is 0.347 bits per heavy atom. The summed E-state index contributed by atoms with van der Waals surface area (Å²) in [4.78, 5) is 89.4. The normalized spacial score (nSPS) is 16.0. The Morgan fingerprint density at radius 2 is 0.556 bits per heavy atom. The molecule has 410 valence electrons. The van der Waals surface area contributed by atoms with Crippen LogP contribution >= 0.6 is 0 Å². The van der Waals surface area contributed by atoms with Crippen molar-refractivity contribution in [3.05, 3.63) is 50.6 Å². The second-order valence-corrected chi connectivity index (χ2v) is 15.5. The standard InChI is InChI=1S/C26H40O12.C21H32O13/c1-3-23(29)35-11-9-25(31)37-17-21(27)15-33-13-19-5-7-20(8-6-19)14-34-16-22(28)18-38-26(32)10-12-36-24(30)4-2;1-3-18(25)31-7-5-20(27)33-13-16(23)11-29-9-15(22)10-30-12-17(24)14-34-21(28)6-8-32-19(26)4-2/h3-4,19-22,27-28H,1-2,5-18H2;3-4,15-17,22-24H,1-2,5-14H2. The Balaban J connectivity index is 0.00000141. The number of aliphatic hydroxyl groups excluding tert-OH is 5. The van der Waals surface area contributed by atoms with Gasteiger partial charge in [-0.1, -0.05) is 26.3 Å². The summed E-state index contributed by atoms with van der Waals surface area (Å²) in [5, 5.41) is 49.0. The maximum Gasteiger partial charge on any atom is 0.330 e. The molecule has 4 unspecified atom stereocenters. The molecule has 0 amide bonds. The molecule has 0 aromatic carbocycles. The van der Waals surface area contributed by atoms with Gasteiger partial charge in [-0.25, -0.2) is 19.2 Å². The zero-order valence-electron chi connectivity index (χ0n) is 40.6. The highest BCUT2D eigenvalue weighted by atomic mass is 16.6. The first kappa shape index (κ1) is 66.4. The SMILES string of the molecule is C=CC(=O)OCCC(=O)OCC(O)COCC(O)COCC(O)COC(=O)CCOC(=O)C=C.C=CC(=O)OCCC(=O)OCC(O)COCC1CCC(COCC(O)COC(=O)CCOC(=O)C=C)CC1. The minimum absolute atomic E-state index is 0.0458. The van der Waals surface area contributed by atoms with Crippen LogP contribution in [0, 0.1) is 11.8 Å². The van der Waals surface area contributed by atoms with Gasteiger partial charge in [0.15, 0.2) is 0 Å². The molecule has 1 fully saturated rings. The van der Waals surface area contributed by atoms with Gasteiger partial charge in [0.05, 0.1) is 65.3 Å². The minimum atomic E-state index is -1.13. The lowest BCUT2D eigenvalue weighted by Crippen LogP contribution is -2.30. The van der Waals surface area contributed by atoms with Crippen molar-refractivity contribution in [3.63, 3.8) is 0 Å². The van der Waals surface area contributed by atoms with Crippen LogP contribution in [0.2, 0.25) is 0 Å². The molecule has 0 heterocycles. The maximum absolute atomic E-state index is 11.6. The number of carbonyl (C=O) groups is 8. The molecule has 5 N–H and O–H groups in total. The van der Waals surface area contributed by atoms with E-state index >= 15 is 0 Å². The molecule has 1 rings (SSSR count). The van der Waals surface area contributed by atoms with E-state index < -0.39 is 78.3 Å². The quantitative estimate of drug-likeness (QED) is 0.0288. The fraction of sp³-hybridized carbons (Fsp3) is 0.660. The van der Waals surface area contributed by atoms with Crippen LogP contribution in [0.15, 0.2) is 50.6 Å². The van der Waals surface area contributed by atoms with Gasteiger partial charge in [-0.05, 0) is 37.5 Å². The van der Waals surface area contributed by atoms with Crippen molar-refractivity contribution < 1.29 is 121 Å². The largest absolute Gasteiger partial charge is 0.463 e. The van der Waals surface area contributed by atoms with Gasteiger partial charge < -0.3 is 82.4 Å². The molecule has 1 aliphatic rings. The summed E-state index contributed by atoms with van der Waals surface area (Å²) in [6.07, 6.45) is 1.89. The van der Waals surface area contributed by atoms with Crippen LogP contribution in [0.3, 0.4) is 0 Å². The van der Waals surface area contributed by atoms with E-state index in [4.69, 9.17) is 37.9 Å². The average Bonchev–Trinajstić information content (AvgIpc) is 3.36. The van der Waals surface area contributed by atoms with Gasteiger partial charge in [0.1, 0.15) is 83.4 Å². The lowest BCUT2D eigenvalue weighted by atomic mass is 9.83. The van der Waals surface area contributed by atoms with Crippen LogP contribution < -0.4 is 0 Å². The molecule has 72 heavy (non-hydrogen) atoms. The maximum atomic E-state index is 11.6. The van der Waals surface area contributed by atoms with Crippen LogP contribution in [-0.2, 0) is 95.2 Å². The Morgan fingerprint density at radius 3 is 0.778 bits per heavy atom. The fourth-order valence-corrected chi connectivity index (χ4v) is 5.45. The van der Waals surface area contributed by atoms with Gasteiger partial charge >= 0.3 is 47.8 Å². The summed E-state index contributed by atoms with van der Waals surface area (Å²) in [5.74, 6) is -4.37. The predicted molar refractivity (Wildman–Crippen MR) is 246 cm³/mol. The molecule has 0 aliphatic heterocycles. The zero-order valence-corrected chi connectivity index (χ0v) is 40.6. The molecule has 0 saturated heterocycles. The number of ether oxygens (including phenoxy) is 12. The van der Waals surface area contributed by atoms with E-state index in [1.54, 1.807) is 0 Å². The predicted octanol–water partition coefficient (Wildman–Crippen LogP) is -0.700. The van der Waals surface area contributed by atoms with Gasteiger partial charge in [-0.3, -0.25) is 19.2 Å². The summed E-state index contributed by atoms with van der Waals surface area (Å²) in [6, 6.07) is 0. The second-order valence-electron chi connectivity index (χ2n) is 15.5. The van der Waals surface area contributed by atoms with E-state index in [-0.39, 0.29) is 118 Å². The van der Waals surface area contributed by atoms with E-state index in [0.717, 1.165) is 50.0 Å². The van der Waals surface area contributed by atoms with Crippen molar-refractivity contribution >= 4 is 47.8 Å². The Kier molecular flexibility index (Phi) is 39.6. The van der Waals surface area contributed by atoms with E-state index in [1.807, 2.05) is 0 Å². The van der Waals surface area contributed by atoms with Gasteiger partial charge in [0, 0.05) is 37.5 Å². The number of carbonyl (C=O) groups excluding carboxylic acids is 8. The number of esters is 8. The van der Waals surface area contributed by atoms with Crippen LogP contribution in [0.1, 0.15) is 51.4 Å². The van der Waals surface area contributed by atoms with Gasteiger partial charge in [-0.15, -0.1) is 0 Å². The fourth-order valence-electron chi connectivity index (χ4n) is 5.45. The van der Waals surface area contributed by atoms with Crippen molar-refractivity contribution in [1.82, 2.24) is 0 Å². The third-order valence-corrected chi connectivity index (χ3v) is 9.15. The lowest BCUT2D eigenvalue weighted by molar-refractivity contribution is -0.152. The summed E-state index contributed by atoms with van der Waals surface area (Å²) < 4.78 is 59.3. The molecule has 0 aromatic heterocycles. The van der Waals surface area contributed by atoms with Crippen LogP contribution in [0.4, 0.5) is 0 Å². The highest BCUT2D eigenvalue weighted by Gasteiger charge is 2.23. The van der Waals surface area contributed by atoms with Crippen molar-refractivity contribution in [1.29, 1.82) is 0 Å². The Hall–Kier alpha value is -5.64. The summed E-state index contributed by atoms with van der Waals surface area (Å²) in [7, 11) is 0. The molecule has 25 heteroatoms. The molecule has 4 atom stereocenters. The molecule has 0 bridgehead atoms. The summed E-state index contributed by atoms with van der Waals surface area (Å²) >= 11 is 0. The first-order valence-corrected chi connectivity index (χ1v) is 22.9. The Bertz CT molecular complexity index is 1510. The minimum Gasteiger partial charge on any atom is -0.463 e. The molecule has 25 nitrogen and oxygen atoms in total. The topological polar surface area (TPSA) is 348 Å². The van der Waals surface area contributed by atoms with Crippen molar-refractivity contribution in [2.75, 3.05) is 106 Å². The zero-order chi connectivity index (χ0) is 53.9. The van der Waals surface area contributed by atoms with E-state index in [2.05, 4.69) is 45.3 Å². The molecule has 0 spiro atoms. The third kappa shape index (κ3) is 40.0. The molecule has 0 radical (unpaired) electrons. The molecule has 1 aliphatic carbocycles. The average molecular weight is 1040 g/mol. The third-order valence-electron chi connectivity index (χ3n) is 9.15. The van der Waals surface area contributed by atoms with Crippen molar-refractivity contribution in [2.45, 2.75) is 81.9 Å². The number of aliphatic hydroxyl groups is 5. The summed E-state index contributed by atoms with van der Waals surface area (Å²) in [5.41, 5.74) is 0. The van der Waals surface area contributed by atoms with Crippen LogP contribution in [0.5, 0.6) is 0 Å². The van der Waals surface area contributed by atoms with E-state index in [0.29, 0.717) is 25.0 Å². The number of hydrogen-bond donors (Lipinski definition) is 5. The number of rotatable bonds is 40. The highest BCUT2D eigenvalue weighted by molar-refractivity contribution is 5.82.